The molecule has 0 amide bonds. The smallest absolute Gasteiger partial charge is 0.139 e. The summed E-state index contributed by atoms with van der Waals surface area (Å²) in [5.74, 6) is 0.591. The third-order valence-corrected chi connectivity index (χ3v) is 3.00. The van der Waals surface area contributed by atoms with Crippen molar-refractivity contribution in [1.29, 1.82) is 0 Å². The van der Waals surface area contributed by atoms with Crippen LogP contribution in [-0.4, -0.2) is 18.8 Å². The number of hydrogen-bond donors (Lipinski definition) is 0. The quantitative estimate of drug-likeness (QED) is 0.593. The molecule has 86 valence electrons. The standard InChI is InChI=1S/C12H12Cl2O2/c1-2-5-12(8-16-12)7-15-11-6-9(13)3-4-10(11)14/h2-4,6H,1,5,7-8H2. The highest BCUT2D eigenvalue weighted by atomic mass is 35.5. The van der Waals surface area contributed by atoms with Crippen LogP contribution in [0.5, 0.6) is 5.75 Å². The normalized spacial score (nSPS) is 22.9. The predicted octanol–water partition coefficient (Wildman–Crippen LogP) is 3.72. The molecule has 4 heteroatoms. The third-order valence-electron chi connectivity index (χ3n) is 2.45. The molecule has 0 radical (unpaired) electrons. The molecule has 1 aliphatic heterocycles. The SMILES string of the molecule is C=CCC1(COc2cc(Cl)ccc2Cl)CO1. The molecule has 1 heterocycles. The Kier molecular flexibility index (Phi) is 3.43. The fourth-order valence-corrected chi connectivity index (χ4v) is 1.76. The molecule has 1 aliphatic rings. The second kappa shape index (κ2) is 4.66. The van der Waals surface area contributed by atoms with E-state index in [2.05, 4.69) is 6.58 Å². The topological polar surface area (TPSA) is 21.8 Å². The van der Waals surface area contributed by atoms with Crippen molar-refractivity contribution in [3.8, 4) is 5.75 Å². The van der Waals surface area contributed by atoms with Gasteiger partial charge in [-0.05, 0) is 18.6 Å². The highest BCUT2D eigenvalue weighted by Gasteiger charge is 2.44. The van der Waals surface area contributed by atoms with Gasteiger partial charge >= 0.3 is 0 Å². The lowest BCUT2D eigenvalue weighted by molar-refractivity contribution is 0.190. The Hall–Kier alpha value is -0.700. The fraction of sp³-hybridized carbons (Fsp3) is 0.333. The summed E-state index contributed by atoms with van der Waals surface area (Å²) in [5, 5.41) is 1.16. The van der Waals surface area contributed by atoms with E-state index in [0.717, 1.165) is 6.42 Å². The Morgan fingerprint density at radius 2 is 2.25 bits per heavy atom. The van der Waals surface area contributed by atoms with Crippen LogP contribution in [0.2, 0.25) is 10.0 Å². The van der Waals surface area contributed by atoms with E-state index in [1.807, 2.05) is 6.08 Å². The van der Waals surface area contributed by atoms with E-state index in [9.17, 15) is 0 Å². The number of halogens is 2. The molecule has 0 bridgehead atoms. The van der Waals surface area contributed by atoms with Crippen LogP contribution in [0, 0.1) is 0 Å². The van der Waals surface area contributed by atoms with Gasteiger partial charge in [0.25, 0.3) is 0 Å². The summed E-state index contributed by atoms with van der Waals surface area (Å²) in [7, 11) is 0. The van der Waals surface area contributed by atoms with Crippen LogP contribution in [-0.2, 0) is 4.74 Å². The van der Waals surface area contributed by atoms with Crippen LogP contribution in [0.1, 0.15) is 6.42 Å². The second-order valence-electron chi connectivity index (χ2n) is 3.83. The monoisotopic (exact) mass is 258 g/mol. The molecular weight excluding hydrogens is 247 g/mol. The Balaban J connectivity index is 1.99. The first-order valence-electron chi connectivity index (χ1n) is 4.98. The van der Waals surface area contributed by atoms with E-state index < -0.39 is 0 Å². The van der Waals surface area contributed by atoms with Gasteiger partial charge in [0.15, 0.2) is 0 Å². The minimum atomic E-state index is -0.201. The van der Waals surface area contributed by atoms with Gasteiger partial charge in [0.1, 0.15) is 18.0 Å². The van der Waals surface area contributed by atoms with Gasteiger partial charge in [0.05, 0.1) is 11.6 Å². The van der Waals surface area contributed by atoms with Gasteiger partial charge in [0, 0.05) is 11.1 Å². The lowest BCUT2D eigenvalue weighted by Gasteiger charge is -2.12. The highest BCUT2D eigenvalue weighted by molar-refractivity contribution is 6.34. The predicted molar refractivity (Wildman–Crippen MR) is 65.5 cm³/mol. The Labute approximate surface area is 105 Å². The molecule has 1 unspecified atom stereocenters. The van der Waals surface area contributed by atoms with Crippen LogP contribution >= 0.6 is 23.2 Å². The summed E-state index contributed by atoms with van der Waals surface area (Å²) in [4.78, 5) is 0. The number of epoxide rings is 1. The molecule has 2 rings (SSSR count). The molecule has 1 atom stereocenters. The van der Waals surface area contributed by atoms with Gasteiger partial charge in [-0.25, -0.2) is 0 Å². The first kappa shape index (κ1) is 11.8. The highest BCUT2D eigenvalue weighted by Crippen LogP contribution is 2.34. The molecule has 0 aliphatic carbocycles. The van der Waals surface area contributed by atoms with Crippen molar-refractivity contribution in [3.63, 3.8) is 0 Å². The lowest BCUT2D eigenvalue weighted by atomic mass is 10.1. The van der Waals surface area contributed by atoms with E-state index in [0.29, 0.717) is 29.0 Å². The van der Waals surface area contributed by atoms with Crippen LogP contribution < -0.4 is 4.74 Å². The molecule has 2 nitrogen and oxygen atoms in total. The number of benzene rings is 1. The van der Waals surface area contributed by atoms with E-state index in [1.165, 1.54) is 0 Å². The minimum absolute atomic E-state index is 0.201. The Morgan fingerprint density at radius 1 is 1.50 bits per heavy atom. The molecule has 16 heavy (non-hydrogen) atoms. The third kappa shape index (κ3) is 2.70. The molecule has 0 saturated carbocycles. The zero-order chi connectivity index (χ0) is 11.6. The summed E-state index contributed by atoms with van der Waals surface area (Å²) < 4.78 is 11.0. The maximum absolute atomic E-state index is 5.98. The molecule has 0 aromatic heterocycles. The van der Waals surface area contributed by atoms with Crippen molar-refractivity contribution in [2.45, 2.75) is 12.0 Å². The first-order valence-corrected chi connectivity index (χ1v) is 5.73. The second-order valence-corrected chi connectivity index (χ2v) is 4.67. The van der Waals surface area contributed by atoms with Crippen molar-refractivity contribution in [1.82, 2.24) is 0 Å². The fourth-order valence-electron chi connectivity index (χ4n) is 1.42. The average molecular weight is 259 g/mol. The maximum Gasteiger partial charge on any atom is 0.139 e. The summed E-state index contributed by atoms with van der Waals surface area (Å²) >= 11 is 11.8. The summed E-state index contributed by atoms with van der Waals surface area (Å²) in [6.45, 7) is 4.87. The van der Waals surface area contributed by atoms with Gasteiger partial charge in [-0.3, -0.25) is 0 Å². The van der Waals surface area contributed by atoms with Gasteiger partial charge in [-0.15, -0.1) is 6.58 Å². The van der Waals surface area contributed by atoms with Crippen LogP contribution in [0.4, 0.5) is 0 Å². The van der Waals surface area contributed by atoms with E-state index >= 15 is 0 Å². The van der Waals surface area contributed by atoms with Gasteiger partial charge < -0.3 is 9.47 Å². The average Bonchev–Trinajstić information content (AvgIpc) is 3.01. The molecule has 0 N–H and O–H groups in total. The molecule has 1 saturated heterocycles. The Morgan fingerprint density at radius 3 is 2.88 bits per heavy atom. The van der Waals surface area contributed by atoms with E-state index in [4.69, 9.17) is 32.7 Å². The van der Waals surface area contributed by atoms with Crippen molar-refractivity contribution < 1.29 is 9.47 Å². The first-order chi connectivity index (χ1) is 7.65. The maximum atomic E-state index is 5.98. The van der Waals surface area contributed by atoms with Crippen LogP contribution in [0.15, 0.2) is 30.9 Å². The molecule has 1 aromatic rings. The van der Waals surface area contributed by atoms with Crippen molar-refractivity contribution >= 4 is 23.2 Å². The van der Waals surface area contributed by atoms with Crippen molar-refractivity contribution in [2.24, 2.45) is 0 Å². The molecular formula is C12H12Cl2O2. The molecule has 1 fully saturated rings. The molecule has 1 aromatic carbocycles. The summed E-state index contributed by atoms with van der Waals surface area (Å²) in [6, 6.07) is 5.14. The Bertz CT molecular complexity index is 400. The number of ether oxygens (including phenoxy) is 2. The zero-order valence-corrected chi connectivity index (χ0v) is 10.2. The van der Waals surface area contributed by atoms with Crippen molar-refractivity contribution in [2.75, 3.05) is 13.2 Å². The number of rotatable bonds is 5. The lowest BCUT2D eigenvalue weighted by Crippen LogP contribution is -2.20. The number of hydrogen-bond acceptors (Lipinski definition) is 2. The van der Waals surface area contributed by atoms with E-state index in [1.54, 1.807) is 18.2 Å². The van der Waals surface area contributed by atoms with Gasteiger partial charge in [-0.2, -0.15) is 0 Å². The summed E-state index contributed by atoms with van der Waals surface area (Å²) in [6.07, 6.45) is 2.61. The van der Waals surface area contributed by atoms with Crippen LogP contribution in [0.3, 0.4) is 0 Å². The minimum Gasteiger partial charge on any atom is -0.489 e. The van der Waals surface area contributed by atoms with Gasteiger partial charge in [-0.1, -0.05) is 29.3 Å². The van der Waals surface area contributed by atoms with E-state index in [-0.39, 0.29) is 5.60 Å². The molecule has 0 spiro atoms. The van der Waals surface area contributed by atoms with Crippen molar-refractivity contribution in [3.05, 3.63) is 40.9 Å². The van der Waals surface area contributed by atoms with Gasteiger partial charge in [0.2, 0.25) is 0 Å². The largest absolute Gasteiger partial charge is 0.489 e. The summed E-state index contributed by atoms with van der Waals surface area (Å²) in [5.41, 5.74) is -0.201. The zero-order valence-electron chi connectivity index (χ0n) is 8.71. The van der Waals surface area contributed by atoms with Crippen LogP contribution in [0.25, 0.3) is 0 Å².